The van der Waals surface area contributed by atoms with Crippen LogP contribution in [0.2, 0.25) is 0 Å². The van der Waals surface area contributed by atoms with Crippen LogP contribution in [-0.2, 0) is 4.84 Å². The van der Waals surface area contributed by atoms with Crippen LogP contribution < -0.4 is 10.2 Å². The predicted octanol–water partition coefficient (Wildman–Crippen LogP) is 3.37. The van der Waals surface area contributed by atoms with Crippen LogP contribution in [0.4, 0.5) is 0 Å². The highest BCUT2D eigenvalue weighted by Crippen LogP contribution is 2.32. The van der Waals surface area contributed by atoms with E-state index >= 15 is 0 Å². The van der Waals surface area contributed by atoms with Gasteiger partial charge in [0.25, 0.3) is 5.91 Å². The number of benzene rings is 2. The van der Waals surface area contributed by atoms with Gasteiger partial charge in [0.1, 0.15) is 5.75 Å². The SMILES string of the molecule is COc1ccc(C(=O)N2CCC3(CC2)N=C(c2cccc(Br)c2)NO3)cc1. The summed E-state index contributed by atoms with van der Waals surface area (Å²) in [5.41, 5.74) is 3.99. The fraction of sp³-hybridized carbons (Fsp3) is 0.300. The first-order chi connectivity index (χ1) is 13.1. The van der Waals surface area contributed by atoms with Gasteiger partial charge in [0.2, 0.25) is 0 Å². The molecule has 1 fully saturated rings. The lowest BCUT2D eigenvalue weighted by atomic mass is 10.00. The first-order valence-electron chi connectivity index (χ1n) is 8.82. The second-order valence-corrected chi connectivity index (χ2v) is 7.56. The van der Waals surface area contributed by atoms with E-state index < -0.39 is 5.72 Å². The number of hydroxylamine groups is 1. The second kappa shape index (κ2) is 7.32. The van der Waals surface area contributed by atoms with Crippen molar-refractivity contribution in [1.29, 1.82) is 0 Å². The Kier molecular flexibility index (Phi) is 4.88. The third kappa shape index (κ3) is 3.70. The third-order valence-electron chi connectivity index (χ3n) is 4.92. The Morgan fingerprint density at radius 1 is 1.22 bits per heavy atom. The van der Waals surface area contributed by atoms with Crippen LogP contribution in [0.5, 0.6) is 5.75 Å². The van der Waals surface area contributed by atoms with Gasteiger partial charge in [-0.2, -0.15) is 0 Å². The lowest BCUT2D eigenvalue weighted by Crippen LogP contribution is -2.46. The first kappa shape index (κ1) is 18.0. The third-order valence-corrected chi connectivity index (χ3v) is 5.41. The zero-order chi connectivity index (χ0) is 18.9. The molecule has 0 aromatic heterocycles. The van der Waals surface area contributed by atoms with Crippen LogP contribution in [0.15, 0.2) is 58.0 Å². The van der Waals surface area contributed by atoms with E-state index in [0.717, 1.165) is 21.6 Å². The van der Waals surface area contributed by atoms with Crippen molar-refractivity contribution < 1.29 is 14.4 Å². The van der Waals surface area contributed by atoms with E-state index in [1.807, 2.05) is 29.2 Å². The number of ether oxygens (including phenoxy) is 1. The monoisotopic (exact) mass is 429 g/mol. The summed E-state index contributed by atoms with van der Waals surface area (Å²) in [5.74, 6) is 1.49. The molecule has 2 heterocycles. The lowest BCUT2D eigenvalue weighted by Gasteiger charge is -2.35. The summed E-state index contributed by atoms with van der Waals surface area (Å²) >= 11 is 3.48. The van der Waals surface area contributed by atoms with Gasteiger partial charge in [0, 0.05) is 41.5 Å². The Labute approximate surface area is 166 Å². The number of carbonyl (C=O) groups is 1. The van der Waals surface area contributed by atoms with Crippen molar-refractivity contribution in [1.82, 2.24) is 10.4 Å². The zero-order valence-electron chi connectivity index (χ0n) is 14.9. The summed E-state index contributed by atoms with van der Waals surface area (Å²) < 4.78 is 6.14. The van der Waals surface area contributed by atoms with E-state index in [4.69, 9.17) is 14.6 Å². The number of nitrogens with one attached hydrogen (secondary N) is 1. The molecule has 0 aliphatic carbocycles. The molecule has 0 radical (unpaired) electrons. The number of hydrogen-bond donors (Lipinski definition) is 1. The van der Waals surface area contributed by atoms with Crippen LogP contribution in [0, 0.1) is 0 Å². The molecule has 1 N–H and O–H groups in total. The van der Waals surface area contributed by atoms with E-state index in [-0.39, 0.29) is 5.91 Å². The minimum Gasteiger partial charge on any atom is -0.497 e. The molecule has 2 aliphatic rings. The number of rotatable bonds is 3. The van der Waals surface area contributed by atoms with Crippen molar-refractivity contribution >= 4 is 27.7 Å². The van der Waals surface area contributed by atoms with Crippen LogP contribution in [0.3, 0.4) is 0 Å². The van der Waals surface area contributed by atoms with E-state index in [2.05, 4.69) is 21.4 Å². The molecule has 140 valence electrons. The number of nitrogens with zero attached hydrogens (tertiary/aromatic N) is 2. The van der Waals surface area contributed by atoms with Crippen molar-refractivity contribution in [3.63, 3.8) is 0 Å². The molecule has 1 spiro atoms. The molecule has 7 heteroatoms. The van der Waals surface area contributed by atoms with Gasteiger partial charge < -0.3 is 9.64 Å². The van der Waals surface area contributed by atoms with Gasteiger partial charge in [0.05, 0.1) is 7.11 Å². The number of halogens is 1. The van der Waals surface area contributed by atoms with Crippen LogP contribution >= 0.6 is 15.9 Å². The largest absolute Gasteiger partial charge is 0.497 e. The average Bonchev–Trinajstić information content (AvgIpc) is 3.12. The molecule has 1 amide bonds. The Hall–Kier alpha value is -2.38. The Bertz CT molecular complexity index is 874. The van der Waals surface area contributed by atoms with Crippen molar-refractivity contribution in [3.05, 3.63) is 64.1 Å². The molecule has 0 unspecified atom stereocenters. The van der Waals surface area contributed by atoms with Crippen molar-refractivity contribution in [2.45, 2.75) is 18.6 Å². The van der Waals surface area contributed by atoms with Gasteiger partial charge in [-0.05, 0) is 36.4 Å². The highest BCUT2D eigenvalue weighted by atomic mass is 79.9. The fourth-order valence-electron chi connectivity index (χ4n) is 3.34. The number of aliphatic imine (C=N–C) groups is 1. The maximum Gasteiger partial charge on any atom is 0.253 e. The maximum absolute atomic E-state index is 12.7. The second-order valence-electron chi connectivity index (χ2n) is 6.64. The Morgan fingerprint density at radius 2 is 1.96 bits per heavy atom. The van der Waals surface area contributed by atoms with E-state index in [1.54, 1.807) is 31.4 Å². The summed E-state index contributed by atoms with van der Waals surface area (Å²) in [6.07, 6.45) is 1.30. The number of amides is 1. The van der Waals surface area contributed by atoms with Crippen molar-refractivity contribution in [3.8, 4) is 5.75 Å². The number of methoxy groups -OCH3 is 1. The summed E-state index contributed by atoms with van der Waals surface area (Å²) in [6.45, 7) is 1.20. The van der Waals surface area contributed by atoms with Crippen molar-refractivity contribution in [2.75, 3.05) is 20.2 Å². The molecule has 2 aromatic carbocycles. The number of hydrogen-bond acceptors (Lipinski definition) is 5. The topological polar surface area (TPSA) is 63.2 Å². The molecular formula is C20H20BrN3O3. The molecule has 2 aliphatic heterocycles. The molecule has 2 aromatic rings. The minimum atomic E-state index is -0.603. The summed E-state index contributed by atoms with van der Waals surface area (Å²) in [6, 6.07) is 15.1. The van der Waals surface area contributed by atoms with Gasteiger partial charge >= 0.3 is 0 Å². The minimum absolute atomic E-state index is 0.0228. The smallest absolute Gasteiger partial charge is 0.253 e. The molecule has 27 heavy (non-hydrogen) atoms. The van der Waals surface area contributed by atoms with Crippen LogP contribution in [-0.4, -0.2) is 42.6 Å². The molecular weight excluding hydrogens is 410 g/mol. The molecule has 1 saturated heterocycles. The Morgan fingerprint density at radius 3 is 2.63 bits per heavy atom. The first-order valence-corrected chi connectivity index (χ1v) is 9.61. The number of likely N-dealkylation sites (tertiary alicyclic amines) is 1. The highest BCUT2D eigenvalue weighted by Gasteiger charge is 2.41. The van der Waals surface area contributed by atoms with Crippen molar-refractivity contribution in [2.24, 2.45) is 4.99 Å². The molecule has 0 bridgehead atoms. The van der Waals surface area contributed by atoms with E-state index in [9.17, 15) is 4.79 Å². The van der Waals surface area contributed by atoms with Gasteiger partial charge in [-0.25, -0.2) is 15.3 Å². The van der Waals surface area contributed by atoms with Gasteiger partial charge in [-0.15, -0.1) is 0 Å². The maximum atomic E-state index is 12.7. The van der Waals surface area contributed by atoms with Gasteiger partial charge in [0.15, 0.2) is 11.6 Å². The zero-order valence-corrected chi connectivity index (χ0v) is 16.5. The van der Waals surface area contributed by atoms with Gasteiger partial charge in [-0.1, -0.05) is 28.1 Å². The lowest BCUT2D eigenvalue weighted by molar-refractivity contribution is -0.0849. The number of amidine groups is 1. The summed E-state index contributed by atoms with van der Waals surface area (Å²) in [7, 11) is 1.61. The molecule has 0 atom stereocenters. The quantitative estimate of drug-likeness (QED) is 0.811. The van der Waals surface area contributed by atoms with Crippen LogP contribution in [0.25, 0.3) is 0 Å². The number of carbonyl (C=O) groups excluding carboxylic acids is 1. The fourth-order valence-corrected chi connectivity index (χ4v) is 3.74. The average molecular weight is 430 g/mol. The highest BCUT2D eigenvalue weighted by molar-refractivity contribution is 9.10. The summed E-state index contributed by atoms with van der Waals surface area (Å²) in [5, 5.41) is 0. The predicted molar refractivity (Wildman–Crippen MR) is 106 cm³/mol. The normalized spacial score (nSPS) is 18.1. The molecule has 0 saturated carbocycles. The molecule has 6 nitrogen and oxygen atoms in total. The van der Waals surface area contributed by atoms with Gasteiger partial charge in [-0.3, -0.25) is 4.79 Å². The number of piperidine rings is 1. The van der Waals surface area contributed by atoms with E-state index in [1.165, 1.54) is 0 Å². The molecule has 4 rings (SSSR count). The standard InChI is InChI=1S/C20H20BrN3O3/c1-26-17-7-5-14(6-8-17)19(25)24-11-9-20(10-12-24)22-18(23-27-20)15-3-2-4-16(21)13-15/h2-8,13H,9-12H2,1H3,(H,22,23). The van der Waals surface area contributed by atoms with E-state index in [0.29, 0.717) is 31.5 Å². The van der Waals surface area contributed by atoms with Crippen LogP contribution in [0.1, 0.15) is 28.8 Å². The summed E-state index contributed by atoms with van der Waals surface area (Å²) in [4.78, 5) is 25.2. The Balaban J connectivity index is 1.43.